The Balaban J connectivity index is 2.48. The number of benzene rings is 1. The van der Waals surface area contributed by atoms with Gasteiger partial charge in [-0.05, 0) is 12.1 Å². The predicted octanol–water partition coefficient (Wildman–Crippen LogP) is 0.278. The molecule has 6 heteroatoms. The Kier molecular flexibility index (Phi) is 2.32. The van der Waals surface area contributed by atoms with Gasteiger partial charge in [-0.2, -0.15) is 0 Å². The van der Waals surface area contributed by atoms with Crippen molar-refractivity contribution in [3.05, 3.63) is 24.3 Å². The van der Waals surface area contributed by atoms with Crippen LogP contribution in [0, 0.1) is 0 Å². The number of rotatable bonds is 2. The molecule has 82 valence electrons. The van der Waals surface area contributed by atoms with Gasteiger partial charge in [0.05, 0.1) is 12.8 Å². The Morgan fingerprint density at radius 1 is 1.19 bits per heavy atom. The number of nitrogens with one attached hydrogen (secondary N) is 1. The zero-order chi connectivity index (χ0) is 11.7. The van der Waals surface area contributed by atoms with Crippen molar-refractivity contribution in [1.29, 1.82) is 0 Å². The third-order valence-electron chi connectivity index (χ3n) is 2.15. The van der Waals surface area contributed by atoms with Crippen LogP contribution in [0.25, 0.3) is 0 Å². The standard InChI is InChI=1S/C10H8N2O4/c1-16-7-5-3-2-4-6(7)12-9(14)8(13)11-10(12)15/h2-5H,1H3,(H,11,13,15). The molecule has 0 aromatic heterocycles. The van der Waals surface area contributed by atoms with Crippen molar-refractivity contribution in [2.24, 2.45) is 0 Å². The lowest BCUT2D eigenvalue weighted by Gasteiger charge is -2.14. The zero-order valence-corrected chi connectivity index (χ0v) is 8.39. The van der Waals surface area contributed by atoms with Crippen molar-refractivity contribution in [3.8, 4) is 5.75 Å². The smallest absolute Gasteiger partial charge is 0.336 e. The zero-order valence-electron chi connectivity index (χ0n) is 8.39. The molecule has 1 aromatic carbocycles. The van der Waals surface area contributed by atoms with Crippen molar-refractivity contribution < 1.29 is 19.1 Å². The summed E-state index contributed by atoms with van der Waals surface area (Å²) in [4.78, 5) is 34.6. The fourth-order valence-corrected chi connectivity index (χ4v) is 1.43. The van der Waals surface area contributed by atoms with Crippen LogP contribution in [0.1, 0.15) is 0 Å². The molecule has 16 heavy (non-hydrogen) atoms. The van der Waals surface area contributed by atoms with Gasteiger partial charge in [0.1, 0.15) is 5.75 Å². The van der Waals surface area contributed by atoms with Gasteiger partial charge in [0.2, 0.25) is 0 Å². The Labute approximate surface area is 90.8 Å². The van der Waals surface area contributed by atoms with Crippen LogP contribution < -0.4 is 15.0 Å². The minimum Gasteiger partial charge on any atom is -0.495 e. The van der Waals surface area contributed by atoms with Gasteiger partial charge in [0.15, 0.2) is 0 Å². The third-order valence-corrected chi connectivity index (χ3v) is 2.15. The lowest BCUT2D eigenvalue weighted by molar-refractivity contribution is -0.134. The van der Waals surface area contributed by atoms with Crippen LogP contribution >= 0.6 is 0 Å². The van der Waals surface area contributed by atoms with E-state index in [-0.39, 0.29) is 5.69 Å². The number of hydrogen-bond donors (Lipinski definition) is 1. The molecule has 2 rings (SSSR count). The summed E-state index contributed by atoms with van der Waals surface area (Å²) in [6.45, 7) is 0. The lowest BCUT2D eigenvalue weighted by Crippen LogP contribution is -2.31. The molecule has 4 amide bonds. The van der Waals surface area contributed by atoms with Crippen LogP contribution in [-0.2, 0) is 9.59 Å². The van der Waals surface area contributed by atoms with Gasteiger partial charge < -0.3 is 4.74 Å². The molecule has 0 saturated carbocycles. The molecule has 1 aliphatic heterocycles. The van der Waals surface area contributed by atoms with Gasteiger partial charge in [0.25, 0.3) is 0 Å². The molecule has 0 aliphatic carbocycles. The molecule has 1 aromatic rings. The van der Waals surface area contributed by atoms with Crippen molar-refractivity contribution in [1.82, 2.24) is 5.32 Å². The Bertz CT molecular complexity index is 483. The highest BCUT2D eigenvalue weighted by Crippen LogP contribution is 2.29. The van der Waals surface area contributed by atoms with E-state index >= 15 is 0 Å². The van der Waals surface area contributed by atoms with Crippen molar-refractivity contribution in [3.63, 3.8) is 0 Å². The Hall–Kier alpha value is -2.37. The van der Waals surface area contributed by atoms with Gasteiger partial charge in [-0.15, -0.1) is 0 Å². The summed E-state index contributed by atoms with van der Waals surface area (Å²) < 4.78 is 5.00. The van der Waals surface area contributed by atoms with E-state index in [9.17, 15) is 14.4 Å². The van der Waals surface area contributed by atoms with Crippen LogP contribution in [0.15, 0.2) is 24.3 Å². The number of nitrogens with zero attached hydrogens (tertiary/aromatic N) is 1. The third kappa shape index (κ3) is 1.40. The average Bonchev–Trinajstić information content (AvgIpc) is 2.53. The highest BCUT2D eigenvalue weighted by molar-refractivity contribution is 6.53. The maximum Gasteiger partial charge on any atom is 0.336 e. The van der Waals surface area contributed by atoms with E-state index in [2.05, 4.69) is 0 Å². The monoisotopic (exact) mass is 220 g/mol. The summed E-state index contributed by atoms with van der Waals surface area (Å²) in [7, 11) is 1.42. The van der Waals surface area contributed by atoms with E-state index in [0.717, 1.165) is 4.90 Å². The van der Waals surface area contributed by atoms with E-state index in [0.29, 0.717) is 5.75 Å². The van der Waals surface area contributed by atoms with E-state index < -0.39 is 17.8 Å². The number of imide groups is 2. The lowest BCUT2D eigenvalue weighted by atomic mass is 10.2. The number of hydrogen-bond acceptors (Lipinski definition) is 4. The summed E-state index contributed by atoms with van der Waals surface area (Å²) in [5, 5.41) is 1.91. The normalized spacial score (nSPS) is 15.3. The van der Waals surface area contributed by atoms with Crippen molar-refractivity contribution in [2.45, 2.75) is 0 Å². The maximum atomic E-state index is 11.4. The van der Waals surface area contributed by atoms with Gasteiger partial charge in [0, 0.05) is 0 Å². The molecule has 1 fully saturated rings. The summed E-state index contributed by atoms with van der Waals surface area (Å²) in [6, 6.07) is 5.69. The van der Waals surface area contributed by atoms with E-state index in [1.54, 1.807) is 18.2 Å². The van der Waals surface area contributed by atoms with Crippen molar-refractivity contribution in [2.75, 3.05) is 12.0 Å². The molecule has 1 saturated heterocycles. The number of anilines is 1. The maximum absolute atomic E-state index is 11.4. The van der Waals surface area contributed by atoms with Gasteiger partial charge in [-0.1, -0.05) is 12.1 Å². The van der Waals surface area contributed by atoms with E-state index in [4.69, 9.17) is 4.74 Å². The minimum absolute atomic E-state index is 0.248. The molecule has 0 bridgehead atoms. The molecule has 6 nitrogen and oxygen atoms in total. The van der Waals surface area contributed by atoms with E-state index in [1.807, 2.05) is 5.32 Å². The van der Waals surface area contributed by atoms with E-state index in [1.165, 1.54) is 13.2 Å². The van der Waals surface area contributed by atoms with Gasteiger partial charge >= 0.3 is 17.8 Å². The van der Waals surface area contributed by atoms with Crippen LogP contribution in [0.4, 0.5) is 10.5 Å². The molecule has 0 spiro atoms. The Morgan fingerprint density at radius 3 is 2.44 bits per heavy atom. The number of para-hydroxylation sites is 2. The molecule has 1 N–H and O–H groups in total. The molecular weight excluding hydrogens is 212 g/mol. The highest BCUT2D eigenvalue weighted by atomic mass is 16.5. The first kappa shape index (κ1) is 10.2. The Morgan fingerprint density at radius 2 is 1.88 bits per heavy atom. The highest BCUT2D eigenvalue weighted by Gasteiger charge is 2.39. The second kappa shape index (κ2) is 3.65. The van der Waals surface area contributed by atoms with Crippen LogP contribution in [-0.4, -0.2) is 25.0 Å². The quantitative estimate of drug-likeness (QED) is 0.573. The predicted molar refractivity (Wildman–Crippen MR) is 54.0 cm³/mol. The van der Waals surface area contributed by atoms with Crippen LogP contribution in [0.5, 0.6) is 5.75 Å². The van der Waals surface area contributed by atoms with Crippen LogP contribution in [0.2, 0.25) is 0 Å². The second-order valence-corrected chi connectivity index (χ2v) is 3.07. The second-order valence-electron chi connectivity index (χ2n) is 3.07. The largest absolute Gasteiger partial charge is 0.495 e. The SMILES string of the molecule is COc1ccccc1N1C(=O)NC(=O)C1=O. The van der Waals surface area contributed by atoms with Gasteiger partial charge in [-0.3, -0.25) is 14.9 Å². The minimum atomic E-state index is -0.934. The molecule has 0 radical (unpaired) electrons. The summed E-state index contributed by atoms with van der Waals surface area (Å²) in [5.41, 5.74) is 0.248. The first-order valence-corrected chi connectivity index (χ1v) is 4.47. The summed E-state index contributed by atoms with van der Waals surface area (Å²) >= 11 is 0. The average molecular weight is 220 g/mol. The first-order chi connectivity index (χ1) is 7.65. The number of carbonyl (C=O) groups excluding carboxylic acids is 3. The summed E-state index contributed by atoms with van der Waals surface area (Å²) in [5.74, 6) is -1.49. The molecule has 1 heterocycles. The number of amides is 4. The summed E-state index contributed by atoms with van der Waals surface area (Å²) in [6.07, 6.45) is 0. The number of methoxy groups -OCH3 is 1. The molecule has 0 atom stereocenters. The van der Waals surface area contributed by atoms with Crippen molar-refractivity contribution >= 4 is 23.5 Å². The van der Waals surface area contributed by atoms with Gasteiger partial charge in [-0.25, -0.2) is 9.69 Å². The fraction of sp³-hybridized carbons (Fsp3) is 0.100. The first-order valence-electron chi connectivity index (χ1n) is 4.47. The molecular formula is C10H8N2O4. The fourth-order valence-electron chi connectivity index (χ4n) is 1.43. The number of ether oxygens (including phenoxy) is 1. The molecule has 0 unspecified atom stereocenters. The topological polar surface area (TPSA) is 75.7 Å². The van der Waals surface area contributed by atoms with Crippen LogP contribution in [0.3, 0.4) is 0 Å². The molecule has 1 aliphatic rings. The number of urea groups is 1. The number of carbonyl (C=O) groups is 3.